The molecule has 0 aliphatic carbocycles. The minimum absolute atomic E-state index is 0.0319. The van der Waals surface area contributed by atoms with Crippen LogP contribution in [-0.4, -0.2) is 48.9 Å². The average molecular weight is 598 g/mol. The van der Waals surface area contributed by atoms with Crippen LogP contribution in [0.5, 0.6) is 0 Å². The lowest BCUT2D eigenvalue weighted by molar-refractivity contribution is -0.137. The van der Waals surface area contributed by atoms with Gasteiger partial charge in [0.2, 0.25) is 0 Å². The molecule has 9 heteroatoms. The molecule has 230 valence electrons. The number of aromatic amines is 2. The molecule has 5 N–H and O–H groups in total. The number of allylic oxidation sites excluding steroid dienone is 5. The smallest absolute Gasteiger partial charge is 0.338 e. The van der Waals surface area contributed by atoms with Gasteiger partial charge < -0.3 is 25.3 Å². The summed E-state index contributed by atoms with van der Waals surface area (Å²) in [6.45, 7) is 18.0. The maximum absolute atomic E-state index is 12.6. The Labute approximate surface area is 256 Å². The molecule has 1 unspecified atom stereocenters. The predicted molar refractivity (Wildman–Crippen MR) is 174 cm³/mol. The zero-order chi connectivity index (χ0) is 32.5. The van der Waals surface area contributed by atoms with Crippen LogP contribution >= 0.6 is 0 Å². The zero-order valence-corrected chi connectivity index (χ0v) is 25.9. The average Bonchev–Trinajstić information content (AvgIpc) is 3.59. The molecule has 0 saturated carbocycles. The highest BCUT2D eigenvalue weighted by molar-refractivity contribution is 6.13. The van der Waals surface area contributed by atoms with E-state index in [9.17, 15) is 29.7 Å². The van der Waals surface area contributed by atoms with Crippen molar-refractivity contribution in [1.29, 1.82) is 0 Å². The van der Waals surface area contributed by atoms with Crippen molar-refractivity contribution in [3.63, 3.8) is 0 Å². The van der Waals surface area contributed by atoms with Crippen molar-refractivity contribution in [2.24, 2.45) is 10.9 Å². The van der Waals surface area contributed by atoms with E-state index in [2.05, 4.69) is 23.1 Å². The number of carboxylic acid groups (broad SMARTS) is 3. The Balaban J connectivity index is 2.18. The number of aliphatic carboxylic acids is 2. The van der Waals surface area contributed by atoms with Gasteiger partial charge in [-0.15, -0.1) is 0 Å². The number of H-pyrrole nitrogens is 2. The monoisotopic (exact) mass is 597 g/mol. The maximum Gasteiger partial charge on any atom is 0.338 e. The van der Waals surface area contributed by atoms with Crippen molar-refractivity contribution in [1.82, 2.24) is 9.97 Å². The van der Waals surface area contributed by atoms with Gasteiger partial charge in [0, 0.05) is 45.6 Å². The van der Waals surface area contributed by atoms with Crippen LogP contribution in [-0.2, 0) is 9.59 Å². The molecule has 44 heavy (non-hydrogen) atoms. The van der Waals surface area contributed by atoms with Gasteiger partial charge in [-0.25, -0.2) is 4.79 Å². The van der Waals surface area contributed by atoms with Crippen molar-refractivity contribution >= 4 is 53.5 Å². The molecule has 0 radical (unpaired) electrons. The summed E-state index contributed by atoms with van der Waals surface area (Å²) in [5, 5.41) is 31.4. The molecule has 4 heterocycles. The van der Waals surface area contributed by atoms with Gasteiger partial charge in [-0.05, 0) is 98.6 Å². The highest BCUT2D eigenvalue weighted by Gasteiger charge is 2.32. The first-order chi connectivity index (χ1) is 20.8. The molecular formula is C35H39N3O6. The Morgan fingerprint density at radius 3 is 2.27 bits per heavy atom. The summed E-state index contributed by atoms with van der Waals surface area (Å²) < 4.78 is 0. The number of nitrogens with zero attached hydrogens (tertiary/aromatic N) is 1. The number of carbonyl (C=O) groups is 3. The van der Waals surface area contributed by atoms with Crippen LogP contribution in [0.2, 0.25) is 0 Å². The van der Waals surface area contributed by atoms with E-state index in [0.717, 1.165) is 44.1 Å². The van der Waals surface area contributed by atoms with Gasteiger partial charge in [0.25, 0.3) is 0 Å². The fourth-order valence-corrected chi connectivity index (χ4v) is 6.25. The lowest BCUT2D eigenvalue weighted by Gasteiger charge is -2.15. The Bertz CT molecular complexity index is 1850. The fourth-order valence-electron chi connectivity index (χ4n) is 6.25. The van der Waals surface area contributed by atoms with Gasteiger partial charge in [-0.2, -0.15) is 0 Å². The third-order valence-corrected chi connectivity index (χ3v) is 8.58. The summed E-state index contributed by atoms with van der Waals surface area (Å²) in [4.78, 5) is 48.0. The van der Waals surface area contributed by atoms with Crippen molar-refractivity contribution in [2.75, 3.05) is 0 Å². The minimum atomic E-state index is -1.20. The molecule has 2 aromatic heterocycles. The first kappa shape index (κ1) is 32.0. The van der Waals surface area contributed by atoms with Crippen molar-refractivity contribution in [3.05, 3.63) is 85.5 Å². The molecule has 0 aromatic carbocycles. The van der Waals surface area contributed by atoms with Gasteiger partial charge >= 0.3 is 17.9 Å². The zero-order valence-electron chi connectivity index (χ0n) is 25.9. The van der Waals surface area contributed by atoms with Gasteiger partial charge in [0.15, 0.2) is 0 Å². The topological polar surface area (TPSA) is 156 Å². The van der Waals surface area contributed by atoms with E-state index in [1.54, 1.807) is 13.0 Å². The van der Waals surface area contributed by atoms with Crippen LogP contribution in [0.4, 0.5) is 0 Å². The molecule has 4 rings (SSSR count). The first-order valence-electron chi connectivity index (χ1n) is 14.6. The van der Waals surface area contributed by atoms with Gasteiger partial charge in [-0.3, -0.25) is 14.6 Å². The quantitative estimate of drug-likeness (QED) is 0.260. The predicted octanol–water partition coefficient (Wildman–Crippen LogP) is 5.77. The first-order valence-corrected chi connectivity index (χ1v) is 14.6. The molecule has 1 atom stereocenters. The minimum Gasteiger partial charge on any atom is -0.481 e. The van der Waals surface area contributed by atoms with Gasteiger partial charge in [0.05, 0.1) is 23.4 Å². The number of hydrogen-bond acceptors (Lipinski definition) is 4. The van der Waals surface area contributed by atoms with Gasteiger partial charge in [0.1, 0.15) is 0 Å². The van der Waals surface area contributed by atoms with Crippen LogP contribution in [0, 0.1) is 19.8 Å². The fraction of sp³-hybridized carbons (Fsp3) is 0.314. The molecule has 0 saturated heterocycles. The van der Waals surface area contributed by atoms with E-state index >= 15 is 0 Å². The summed E-state index contributed by atoms with van der Waals surface area (Å²) in [7, 11) is 0. The van der Waals surface area contributed by atoms with Crippen LogP contribution in [0.25, 0.3) is 29.9 Å². The lowest BCUT2D eigenvalue weighted by Crippen LogP contribution is -2.14. The lowest BCUT2D eigenvalue weighted by atomic mass is 9.90. The van der Waals surface area contributed by atoms with E-state index in [1.165, 1.54) is 0 Å². The van der Waals surface area contributed by atoms with Crippen LogP contribution in [0.1, 0.15) is 91.3 Å². The number of hydrogen-bond donors (Lipinski definition) is 5. The molecule has 9 nitrogen and oxygen atoms in total. The summed E-state index contributed by atoms with van der Waals surface area (Å²) in [6.07, 6.45) is 8.19. The molecule has 6 bridgehead atoms. The normalized spacial score (nSPS) is 21.4. The second-order valence-electron chi connectivity index (χ2n) is 11.4. The van der Waals surface area contributed by atoms with Crippen LogP contribution in [0.15, 0.2) is 46.1 Å². The van der Waals surface area contributed by atoms with Crippen molar-refractivity contribution in [2.45, 2.75) is 66.7 Å². The number of aromatic nitrogens is 2. The van der Waals surface area contributed by atoms with Gasteiger partial charge in [-0.1, -0.05) is 26.2 Å². The van der Waals surface area contributed by atoms with E-state index < -0.39 is 30.2 Å². The van der Waals surface area contributed by atoms with Crippen LogP contribution < -0.4 is 10.7 Å². The number of nitrogens with one attached hydrogen (secondary N) is 2. The number of fused-ring (bicyclic) bond motifs is 5. The molecule has 0 spiro atoms. The number of rotatable bonds is 8. The molecular weight excluding hydrogens is 558 g/mol. The Hall–Kier alpha value is -4.92. The SMILES string of the molecule is C=Cc1c(C)/c2[nH]/c1=C\C(=C)/C(C)=C(CC)\C(C)=C\c1[nH]c(c(C(=O)O)c1C)C(CC(=O)O)=C1N=C(\C=2)CC1CCC(=O)O. The molecule has 0 fully saturated rings. The van der Waals surface area contributed by atoms with E-state index in [1.807, 2.05) is 45.9 Å². The molecule has 2 aromatic rings. The van der Waals surface area contributed by atoms with Crippen LogP contribution in [0.3, 0.4) is 0 Å². The Morgan fingerprint density at radius 1 is 0.977 bits per heavy atom. The largest absolute Gasteiger partial charge is 0.481 e. The summed E-state index contributed by atoms with van der Waals surface area (Å²) in [6, 6.07) is 0. The third-order valence-electron chi connectivity index (χ3n) is 8.58. The highest BCUT2D eigenvalue weighted by atomic mass is 16.4. The van der Waals surface area contributed by atoms with Crippen molar-refractivity contribution in [3.8, 4) is 0 Å². The Kier molecular flexibility index (Phi) is 9.27. The maximum atomic E-state index is 12.6. The number of aromatic carboxylic acids is 1. The summed E-state index contributed by atoms with van der Waals surface area (Å²) >= 11 is 0. The standard InChI is InChI=1S/C35H39N3O6/c1-8-24-18(4)13-27-21(7)32(35(43)44)34(38-27)26(16-31(41)42)33-22(10-11-30(39)40)14-23(36-33)15-28-20(6)25(9-2)29(37-28)12-17(3)19(24)5/h9,12-13,15,22,37-38H,2-3,8,10-11,14,16H2,1,4-7H3,(H,39,40)(H,41,42)(H,43,44)/b18-13+,24-19-,28-15-,29-12-,33-26?. The van der Waals surface area contributed by atoms with Crippen molar-refractivity contribution < 1.29 is 29.7 Å². The molecule has 2 aliphatic heterocycles. The van der Waals surface area contributed by atoms with E-state index in [-0.39, 0.29) is 29.7 Å². The third kappa shape index (κ3) is 6.22. The molecule has 2 aliphatic rings. The second kappa shape index (κ2) is 12.8. The molecule has 0 amide bonds. The number of carboxylic acids is 3. The highest BCUT2D eigenvalue weighted by Crippen LogP contribution is 2.39. The Morgan fingerprint density at radius 2 is 1.68 bits per heavy atom. The number of aliphatic imine (C=N–C) groups is 1. The second-order valence-corrected chi connectivity index (χ2v) is 11.4. The summed E-state index contributed by atoms with van der Waals surface area (Å²) in [5.41, 5.74) is 8.01. The summed E-state index contributed by atoms with van der Waals surface area (Å²) in [5.74, 6) is -3.75. The van der Waals surface area contributed by atoms with E-state index in [4.69, 9.17) is 4.99 Å². The van der Waals surface area contributed by atoms with E-state index in [0.29, 0.717) is 35.5 Å².